The molecule has 0 bridgehead atoms. The second-order valence-corrected chi connectivity index (χ2v) is 9.33. The van der Waals surface area contributed by atoms with Crippen LogP contribution in [0.4, 0.5) is 0 Å². The van der Waals surface area contributed by atoms with Gasteiger partial charge in [-0.15, -0.1) is 0 Å². The van der Waals surface area contributed by atoms with E-state index in [2.05, 4.69) is 95.3 Å². The maximum absolute atomic E-state index is 13.3. The number of hydrogen-bond acceptors (Lipinski definition) is 1. The van der Waals surface area contributed by atoms with Crippen molar-refractivity contribution in [3.05, 3.63) is 81.9 Å². The highest BCUT2D eigenvalue weighted by molar-refractivity contribution is 6.14. The molecule has 1 saturated carbocycles. The number of carbonyl (C=O) groups excluding carboxylic acids is 1. The lowest BCUT2D eigenvalue weighted by Gasteiger charge is -2.35. The first-order chi connectivity index (χ1) is 13.8. The maximum Gasteiger partial charge on any atom is 0.185 e. The fourth-order valence-corrected chi connectivity index (χ4v) is 3.96. The zero-order valence-electron chi connectivity index (χ0n) is 18.6. The summed E-state index contributed by atoms with van der Waals surface area (Å²) in [5.41, 5.74) is 6.93. The molecule has 1 aliphatic rings. The summed E-state index contributed by atoms with van der Waals surface area (Å²) >= 11 is 0. The minimum absolute atomic E-state index is 0.164. The molecule has 1 nitrogen and oxygen atoms in total. The standard InChI is InChI=1S/C28H34O/c1-6-20-8-12-22(13-9-20)16-24-18-26(28(3,4)5)19-25(27(24)29)17-23-14-10-21(7-2)11-15-23/h8-17,26H,6-7,18-19H2,1-5H3/b24-16-,25-17-. The van der Waals surface area contributed by atoms with Crippen molar-refractivity contribution in [1.29, 1.82) is 0 Å². The van der Waals surface area contributed by atoms with Crippen LogP contribution in [0.2, 0.25) is 0 Å². The lowest BCUT2D eigenvalue weighted by Crippen LogP contribution is -2.29. The largest absolute Gasteiger partial charge is 0.289 e. The van der Waals surface area contributed by atoms with Crippen molar-refractivity contribution in [2.75, 3.05) is 0 Å². The first kappa shape index (κ1) is 21.3. The summed E-state index contributed by atoms with van der Waals surface area (Å²) in [4.78, 5) is 13.3. The minimum atomic E-state index is 0.164. The summed E-state index contributed by atoms with van der Waals surface area (Å²) in [5.74, 6) is 0.673. The highest BCUT2D eigenvalue weighted by atomic mass is 16.1. The normalized spacial score (nSPS) is 20.4. The summed E-state index contributed by atoms with van der Waals surface area (Å²) in [6.45, 7) is 11.2. The maximum atomic E-state index is 13.3. The van der Waals surface area contributed by atoms with E-state index in [0.29, 0.717) is 5.92 Å². The number of allylic oxidation sites excluding steroid dienone is 2. The van der Waals surface area contributed by atoms with Crippen LogP contribution < -0.4 is 0 Å². The summed E-state index contributed by atoms with van der Waals surface area (Å²) in [6, 6.07) is 17.2. The molecule has 0 amide bonds. The van der Waals surface area contributed by atoms with Gasteiger partial charge in [-0.05, 0) is 71.4 Å². The van der Waals surface area contributed by atoms with Gasteiger partial charge in [0.2, 0.25) is 0 Å². The van der Waals surface area contributed by atoms with E-state index in [1.165, 1.54) is 11.1 Å². The zero-order valence-corrected chi connectivity index (χ0v) is 18.6. The average Bonchev–Trinajstić information content (AvgIpc) is 2.71. The molecular formula is C28H34O. The Morgan fingerprint density at radius 1 is 0.759 bits per heavy atom. The van der Waals surface area contributed by atoms with Gasteiger partial charge in [-0.1, -0.05) is 83.1 Å². The Balaban J connectivity index is 1.96. The molecule has 0 aliphatic heterocycles. The average molecular weight is 387 g/mol. The molecule has 152 valence electrons. The van der Waals surface area contributed by atoms with E-state index in [9.17, 15) is 4.79 Å². The Hall–Kier alpha value is -2.41. The van der Waals surface area contributed by atoms with Gasteiger partial charge in [0.05, 0.1) is 0 Å². The molecule has 29 heavy (non-hydrogen) atoms. The van der Waals surface area contributed by atoms with Gasteiger partial charge in [0, 0.05) is 11.1 Å². The van der Waals surface area contributed by atoms with Crippen LogP contribution in [0.1, 0.15) is 69.7 Å². The van der Waals surface area contributed by atoms with Crippen LogP contribution >= 0.6 is 0 Å². The van der Waals surface area contributed by atoms with Crippen molar-refractivity contribution in [2.24, 2.45) is 11.3 Å². The zero-order chi connectivity index (χ0) is 21.0. The molecule has 0 aromatic heterocycles. The van der Waals surface area contributed by atoms with Crippen LogP contribution in [-0.2, 0) is 17.6 Å². The number of rotatable bonds is 4. The van der Waals surface area contributed by atoms with Crippen LogP contribution in [-0.4, -0.2) is 5.78 Å². The van der Waals surface area contributed by atoms with Crippen molar-refractivity contribution < 1.29 is 4.79 Å². The molecular weight excluding hydrogens is 352 g/mol. The van der Waals surface area contributed by atoms with Crippen LogP contribution in [0.25, 0.3) is 12.2 Å². The summed E-state index contributed by atoms with van der Waals surface area (Å²) in [5, 5.41) is 0. The summed E-state index contributed by atoms with van der Waals surface area (Å²) in [6.07, 6.45) is 7.98. The Kier molecular flexibility index (Phi) is 6.57. The number of aryl methyl sites for hydroxylation is 2. The van der Waals surface area contributed by atoms with E-state index >= 15 is 0 Å². The van der Waals surface area contributed by atoms with Gasteiger partial charge in [0.15, 0.2) is 5.78 Å². The molecule has 0 radical (unpaired) electrons. The third kappa shape index (κ3) is 5.35. The highest BCUT2D eigenvalue weighted by Gasteiger charge is 2.34. The van der Waals surface area contributed by atoms with Gasteiger partial charge in [0.25, 0.3) is 0 Å². The Morgan fingerprint density at radius 3 is 1.45 bits per heavy atom. The predicted octanol–water partition coefficient (Wildman–Crippen LogP) is 7.30. The van der Waals surface area contributed by atoms with Gasteiger partial charge < -0.3 is 0 Å². The first-order valence-electron chi connectivity index (χ1n) is 10.9. The topological polar surface area (TPSA) is 17.1 Å². The second-order valence-electron chi connectivity index (χ2n) is 9.33. The third-order valence-corrected chi connectivity index (χ3v) is 6.20. The molecule has 1 aliphatic carbocycles. The van der Waals surface area contributed by atoms with Crippen LogP contribution in [0, 0.1) is 11.3 Å². The van der Waals surface area contributed by atoms with Crippen LogP contribution in [0.15, 0.2) is 59.7 Å². The van der Waals surface area contributed by atoms with Crippen LogP contribution in [0.5, 0.6) is 0 Å². The molecule has 0 heterocycles. The van der Waals surface area contributed by atoms with Crippen LogP contribution in [0.3, 0.4) is 0 Å². The van der Waals surface area contributed by atoms with Gasteiger partial charge in [-0.2, -0.15) is 0 Å². The van der Waals surface area contributed by atoms with Crippen molar-refractivity contribution >= 4 is 17.9 Å². The Labute approximate surface area is 176 Å². The molecule has 0 unspecified atom stereocenters. The molecule has 0 spiro atoms. The SMILES string of the molecule is CCc1ccc(/C=C2/CC(C(C)(C)C)C/C(=C/c3ccc(CC)cc3)C2=O)cc1. The second kappa shape index (κ2) is 8.95. The van der Waals surface area contributed by atoms with E-state index in [-0.39, 0.29) is 11.2 Å². The number of carbonyl (C=O) groups is 1. The minimum Gasteiger partial charge on any atom is -0.289 e. The molecule has 0 atom stereocenters. The third-order valence-electron chi connectivity index (χ3n) is 6.20. The Morgan fingerprint density at radius 2 is 1.14 bits per heavy atom. The number of ketones is 1. The number of hydrogen-bond donors (Lipinski definition) is 0. The molecule has 0 N–H and O–H groups in total. The van der Waals surface area contributed by atoms with Crippen molar-refractivity contribution in [3.63, 3.8) is 0 Å². The molecule has 1 fully saturated rings. The van der Waals surface area contributed by atoms with Crippen molar-refractivity contribution in [2.45, 2.75) is 60.3 Å². The quantitative estimate of drug-likeness (QED) is 0.504. The highest BCUT2D eigenvalue weighted by Crippen LogP contribution is 2.42. The summed E-state index contributed by atoms with van der Waals surface area (Å²) < 4.78 is 0. The molecule has 1 heteroatoms. The molecule has 2 aromatic rings. The van der Waals surface area contributed by atoms with Crippen molar-refractivity contribution in [1.82, 2.24) is 0 Å². The van der Waals surface area contributed by atoms with Crippen molar-refractivity contribution in [3.8, 4) is 0 Å². The smallest absolute Gasteiger partial charge is 0.185 e. The van der Waals surface area contributed by atoms with Gasteiger partial charge in [-0.25, -0.2) is 0 Å². The predicted molar refractivity (Wildman–Crippen MR) is 125 cm³/mol. The first-order valence-corrected chi connectivity index (χ1v) is 10.9. The molecule has 3 rings (SSSR count). The summed E-state index contributed by atoms with van der Waals surface area (Å²) in [7, 11) is 0. The van der Waals surface area contributed by atoms with E-state index in [0.717, 1.165) is 48.0 Å². The molecule has 2 aromatic carbocycles. The van der Waals surface area contributed by atoms with E-state index in [4.69, 9.17) is 0 Å². The van der Waals surface area contributed by atoms with Gasteiger partial charge in [-0.3, -0.25) is 4.79 Å². The van der Waals surface area contributed by atoms with E-state index in [1.807, 2.05) is 0 Å². The molecule has 0 saturated heterocycles. The number of Topliss-reactive ketones (excluding diaryl/α,β-unsaturated/α-hetero) is 1. The van der Waals surface area contributed by atoms with E-state index < -0.39 is 0 Å². The lowest BCUT2D eigenvalue weighted by atomic mass is 9.68. The van der Waals surface area contributed by atoms with E-state index in [1.54, 1.807) is 0 Å². The number of benzene rings is 2. The van der Waals surface area contributed by atoms with Gasteiger partial charge >= 0.3 is 0 Å². The lowest BCUT2D eigenvalue weighted by molar-refractivity contribution is -0.113. The fraction of sp³-hybridized carbons (Fsp3) is 0.393. The van der Waals surface area contributed by atoms with Gasteiger partial charge in [0.1, 0.15) is 0 Å². The fourth-order valence-electron chi connectivity index (χ4n) is 3.96. The monoisotopic (exact) mass is 386 g/mol. The Bertz CT molecular complexity index is 833.